The van der Waals surface area contributed by atoms with Crippen molar-refractivity contribution in [3.63, 3.8) is 0 Å². The van der Waals surface area contributed by atoms with Crippen LogP contribution in [-0.4, -0.2) is 19.0 Å². The molecule has 2 N–H and O–H groups in total. The Morgan fingerprint density at radius 3 is 2.46 bits per heavy atom. The monoisotopic (exact) mass is 393 g/mol. The van der Waals surface area contributed by atoms with Gasteiger partial charge in [-0.15, -0.1) is 24.8 Å². The van der Waals surface area contributed by atoms with Gasteiger partial charge < -0.3 is 15.5 Å². The Hall–Kier alpha value is -1.75. The van der Waals surface area contributed by atoms with Crippen LogP contribution in [0.25, 0.3) is 0 Å². The average molecular weight is 394 g/mol. The topological polar surface area (TPSA) is 44.4 Å². The van der Waals surface area contributed by atoms with Gasteiger partial charge >= 0.3 is 0 Å². The first-order valence-electron chi connectivity index (χ1n) is 8.79. The molecule has 0 unspecified atom stereocenters. The number of nitrogens with one attached hydrogen (secondary N) is 2. The van der Waals surface area contributed by atoms with Crippen LogP contribution >= 0.6 is 24.8 Å². The fourth-order valence-electron chi connectivity index (χ4n) is 3.62. The van der Waals surface area contributed by atoms with E-state index in [9.17, 15) is 4.79 Å². The van der Waals surface area contributed by atoms with E-state index in [1.165, 1.54) is 30.4 Å². The maximum absolute atomic E-state index is 12.7. The van der Waals surface area contributed by atoms with E-state index in [0.29, 0.717) is 0 Å². The lowest BCUT2D eigenvalue weighted by Crippen LogP contribution is -2.30. The van der Waals surface area contributed by atoms with Crippen LogP contribution in [-0.2, 0) is 13.1 Å². The minimum absolute atomic E-state index is 0. The average Bonchev–Trinajstić information content (AvgIpc) is 3.10. The molecule has 2 aliphatic heterocycles. The highest BCUT2D eigenvalue weighted by atomic mass is 35.5. The summed E-state index contributed by atoms with van der Waals surface area (Å²) in [6, 6.07) is 14.1. The van der Waals surface area contributed by atoms with Crippen molar-refractivity contribution in [1.29, 1.82) is 0 Å². The van der Waals surface area contributed by atoms with E-state index in [-0.39, 0.29) is 30.7 Å². The number of carbonyl (C=O) groups is 1. The Morgan fingerprint density at radius 2 is 1.65 bits per heavy atom. The Labute approximate surface area is 167 Å². The van der Waals surface area contributed by atoms with Gasteiger partial charge in [0.2, 0.25) is 0 Å². The molecular formula is C20H25Cl2N3O. The second-order valence-corrected chi connectivity index (χ2v) is 6.61. The van der Waals surface area contributed by atoms with Gasteiger partial charge in [-0.05, 0) is 54.7 Å². The van der Waals surface area contributed by atoms with Gasteiger partial charge in [0.25, 0.3) is 5.91 Å². The van der Waals surface area contributed by atoms with Crippen LogP contribution in [0.4, 0.5) is 11.4 Å². The molecule has 4 nitrogen and oxygen atoms in total. The summed E-state index contributed by atoms with van der Waals surface area (Å²) in [7, 11) is 0. The molecule has 0 aromatic heterocycles. The number of para-hydroxylation sites is 2. The predicted octanol–water partition coefficient (Wildman–Crippen LogP) is 4.38. The van der Waals surface area contributed by atoms with Crippen LogP contribution in [0.3, 0.4) is 0 Å². The highest BCUT2D eigenvalue weighted by Gasteiger charge is 2.17. The van der Waals surface area contributed by atoms with Crippen LogP contribution in [0.5, 0.6) is 0 Å². The summed E-state index contributed by atoms with van der Waals surface area (Å²) in [5, 5.41) is 6.43. The number of nitrogens with zero attached hydrogens (tertiary/aromatic N) is 1. The zero-order valence-corrected chi connectivity index (χ0v) is 16.3. The van der Waals surface area contributed by atoms with E-state index >= 15 is 0 Å². The van der Waals surface area contributed by atoms with Crippen LogP contribution in [0.15, 0.2) is 42.5 Å². The maximum Gasteiger partial charge on any atom is 0.255 e. The van der Waals surface area contributed by atoms with Crippen LogP contribution in [0.1, 0.15) is 40.7 Å². The second-order valence-electron chi connectivity index (χ2n) is 6.61. The number of halogens is 2. The summed E-state index contributed by atoms with van der Waals surface area (Å²) < 4.78 is 0. The molecule has 2 aromatic carbocycles. The molecule has 2 aliphatic rings. The lowest BCUT2D eigenvalue weighted by molar-refractivity contribution is 0.102. The normalized spacial score (nSPS) is 15.5. The van der Waals surface area contributed by atoms with Gasteiger partial charge in [0.15, 0.2) is 0 Å². The Bertz CT molecular complexity index is 760. The fourth-order valence-corrected chi connectivity index (χ4v) is 3.62. The molecule has 2 heterocycles. The standard InChI is InChI=1S/C20H23N3O.2ClH/c24-20(15-8-9-16-13-21-14-17(16)12-15)22-18-6-2-3-7-19(18)23-10-4-1-5-11-23;;/h2-3,6-9,12,21H,1,4-5,10-11,13-14H2,(H,22,24);2*1H. The third kappa shape index (κ3) is 4.32. The first-order chi connectivity index (χ1) is 11.8. The van der Waals surface area contributed by atoms with E-state index in [1.54, 1.807) is 0 Å². The van der Waals surface area contributed by atoms with Gasteiger partial charge in [-0.25, -0.2) is 0 Å². The van der Waals surface area contributed by atoms with Crippen LogP contribution in [0.2, 0.25) is 0 Å². The summed E-state index contributed by atoms with van der Waals surface area (Å²) in [5.74, 6) is -0.0332. The Balaban J connectivity index is 0.00000121. The Kier molecular flexibility index (Phi) is 7.33. The first kappa shape index (κ1) is 20.6. The van der Waals surface area contributed by atoms with Gasteiger partial charge in [0.1, 0.15) is 0 Å². The van der Waals surface area contributed by atoms with Crippen molar-refractivity contribution in [2.45, 2.75) is 32.4 Å². The van der Waals surface area contributed by atoms with Crippen molar-refractivity contribution in [2.24, 2.45) is 0 Å². The molecule has 0 atom stereocenters. The summed E-state index contributed by atoms with van der Waals surface area (Å²) in [6.45, 7) is 3.88. The molecule has 4 rings (SSSR count). The third-order valence-corrected chi connectivity index (χ3v) is 4.95. The van der Waals surface area contributed by atoms with E-state index in [0.717, 1.165) is 43.1 Å². The number of carbonyl (C=O) groups excluding carboxylic acids is 1. The molecular weight excluding hydrogens is 369 g/mol. The molecule has 1 saturated heterocycles. The van der Waals surface area contributed by atoms with Gasteiger partial charge in [0.05, 0.1) is 11.4 Å². The summed E-state index contributed by atoms with van der Waals surface area (Å²) in [5.41, 5.74) is 5.29. The summed E-state index contributed by atoms with van der Waals surface area (Å²) in [4.78, 5) is 15.1. The highest BCUT2D eigenvalue weighted by Crippen LogP contribution is 2.29. The van der Waals surface area contributed by atoms with Crippen molar-refractivity contribution in [3.05, 3.63) is 59.2 Å². The second kappa shape index (κ2) is 9.26. The number of rotatable bonds is 3. The molecule has 0 saturated carbocycles. The molecule has 2 aromatic rings. The largest absolute Gasteiger partial charge is 0.370 e. The molecule has 1 amide bonds. The molecule has 1 fully saturated rings. The van der Waals surface area contributed by atoms with Crippen molar-refractivity contribution in [2.75, 3.05) is 23.3 Å². The lowest BCUT2D eigenvalue weighted by Gasteiger charge is -2.30. The number of anilines is 2. The SMILES string of the molecule is Cl.Cl.O=C(Nc1ccccc1N1CCCCC1)c1ccc2c(c1)CNC2. The maximum atomic E-state index is 12.7. The molecule has 6 heteroatoms. The Morgan fingerprint density at radius 1 is 0.923 bits per heavy atom. The van der Waals surface area contributed by atoms with Crippen LogP contribution in [0, 0.1) is 0 Å². The van der Waals surface area contributed by atoms with E-state index in [2.05, 4.69) is 27.7 Å². The summed E-state index contributed by atoms with van der Waals surface area (Å²) in [6.07, 6.45) is 3.74. The minimum Gasteiger partial charge on any atom is -0.370 e. The number of hydrogen-bond donors (Lipinski definition) is 2. The van der Waals surface area contributed by atoms with Gasteiger partial charge in [0, 0.05) is 31.7 Å². The molecule has 140 valence electrons. The van der Waals surface area contributed by atoms with E-state index < -0.39 is 0 Å². The number of amides is 1. The third-order valence-electron chi connectivity index (χ3n) is 4.95. The molecule has 0 bridgehead atoms. The summed E-state index contributed by atoms with van der Waals surface area (Å²) >= 11 is 0. The number of benzene rings is 2. The molecule has 0 aliphatic carbocycles. The quantitative estimate of drug-likeness (QED) is 0.812. The molecule has 0 spiro atoms. The van der Waals surface area contributed by atoms with E-state index in [4.69, 9.17) is 0 Å². The predicted molar refractivity (Wildman–Crippen MR) is 112 cm³/mol. The van der Waals surface area contributed by atoms with Gasteiger partial charge in [-0.2, -0.15) is 0 Å². The molecule has 26 heavy (non-hydrogen) atoms. The van der Waals surface area contributed by atoms with Gasteiger partial charge in [-0.3, -0.25) is 4.79 Å². The zero-order chi connectivity index (χ0) is 16.4. The highest BCUT2D eigenvalue weighted by molar-refractivity contribution is 6.06. The van der Waals surface area contributed by atoms with Crippen LogP contribution < -0.4 is 15.5 Å². The van der Waals surface area contributed by atoms with Crippen molar-refractivity contribution in [3.8, 4) is 0 Å². The molecule has 0 radical (unpaired) electrons. The van der Waals surface area contributed by atoms with E-state index in [1.807, 2.05) is 30.3 Å². The zero-order valence-electron chi connectivity index (χ0n) is 14.7. The number of piperidine rings is 1. The van der Waals surface area contributed by atoms with Crippen molar-refractivity contribution in [1.82, 2.24) is 5.32 Å². The lowest BCUT2D eigenvalue weighted by atomic mass is 10.1. The van der Waals surface area contributed by atoms with Crippen molar-refractivity contribution < 1.29 is 4.79 Å². The number of fused-ring (bicyclic) bond motifs is 1. The smallest absolute Gasteiger partial charge is 0.255 e. The minimum atomic E-state index is -0.0332. The fraction of sp³-hybridized carbons (Fsp3) is 0.350. The van der Waals surface area contributed by atoms with Gasteiger partial charge in [-0.1, -0.05) is 18.2 Å². The first-order valence-corrected chi connectivity index (χ1v) is 8.79. The number of hydrogen-bond acceptors (Lipinski definition) is 3. The van der Waals surface area contributed by atoms with Crippen molar-refractivity contribution >= 4 is 42.1 Å².